The zero-order valence-electron chi connectivity index (χ0n) is 18.5. The van der Waals surface area contributed by atoms with Crippen LogP contribution in [0.25, 0.3) is 23.0 Å². The summed E-state index contributed by atoms with van der Waals surface area (Å²) in [6.07, 6.45) is 3.99. The Morgan fingerprint density at radius 2 is 2.00 bits per heavy atom. The van der Waals surface area contributed by atoms with Gasteiger partial charge in [0, 0.05) is 17.3 Å². The molecule has 3 heterocycles. The van der Waals surface area contributed by atoms with Gasteiger partial charge >= 0.3 is 0 Å². The van der Waals surface area contributed by atoms with Crippen molar-refractivity contribution in [2.24, 2.45) is 0 Å². The summed E-state index contributed by atoms with van der Waals surface area (Å²) in [6, 6.07) is 14.6. The lowest BCUT2D eigenvalue weighted by Gasteiger charge is -2.20. The van der Waals surface area contributed by atoms with Gasteiger partial charge in [-0.05, 0) is 42.8 Å². The minimum absolute atomic E-state index is 0.0613. The van der Waals surface area contributed by atoms with Crippen LogP contribution in [0.3, 0.4) is 0 Å². The van der Waals surface area contributed by atoms with E-state index in [0.717, 1.165) is 11.3 Å². The van der Waals surface area contributed by atoms with Gasteiger partial charge in [0.25, 0.3) is 5.91 Å². The Morgan fingerprint density at radius 1 is 1.23 bits per heavy atom. The molecule has 0 spiro atoms. The first-order valence-corrected chi connectivity index (χ1v) is 14.1. The van der Waals surface area contributed by atoms with Gasteiger partial charge in [0.1, 0.15) is 15.8 Å². The molecule has 5 rings (SSSR count). The molecule has 2 aliphatic rings. The van der Waals surface area contributed by atoms with Crippen molar-refractivity contribution in [1.82, 2.24) is 14.7 Å². The van der Waals surface area contributed by atoms with Crippen LogP contribution in [0.1, 0.15) is 12.0 Å². The second-order valence-electron chi connectivity index (χ2n) is 8.17. The molecule has 0 radical (unpaired) electrons. The van der Waals surface area contributed by atoms with Crippen LogP contribution < -0.4 is 4.74 Å². The van der Waals surface area contributed by atoms with Crippen molar-refractivity contribution in [1.29, 1.82) is 0 Å². The quantitative estimate of drug-likeness (QED) is 0.342. The number of rotatable bonds is 5. The molecule has 180 valence electrons. The Bertz CT molecular complexity index is 1470. The summed E-state index contributed by atoms with van der Waals surface area (Å²) in [6.45, 7) is 0. The first-order chi connectivity index (χ1) is 16.8. The normalized spacial score (nSPS) is 20.7. The second kappa shape index (κ2) is 9.42. The average molecular weight is 546 g/mol. The lowest BCUT2D eigenvalue weighted by Crippen LogP contribution is -2.39. The van der Waals surface area contributed by atoms with Gasteiger partial charge in [-0.2, -0.15) is 5.10 Å². The summed E-state index contributed by atoms with van der Waals surface area (Å²) >= 11 is 13.0. The number of thioether (sulfide) groups is 1. The van der Waals surface area contributed by atoms with E-state index in [1.54, 1.807) is 30.0 Å². The summed E-state index contributed by atoms with van der Waals surface area (Å²) in [5.74, 6) is 0.272. The average Bonchev–Trinajstić information content (AvgIpc) is 3.49. The molecule has 1 aromatic heterocycles. The fourth-order valence-electron chi connectivity index (χ4n) is 4.16. The molecule has 2 saturated heterocycles. The van der Waals surface area contributed by atoms with Gasteiger partial charge in [0.2, 0.25) is 0 Å². The number of ether oxygens (including phenoxy) is 1. The second-order valence-corrected chi connectivity index (χ2v) is 12.5. The van der Waals surface area contributed by atoms with Gasteiger partial charge in [-0.3, -0.25) is 9.69 Å². The van der Waals surface area contributed by atoms with Crippen molar-refractivity contribution in [3.8, 4) is 22.7 Å². The molecule has 11 heteroatoms. The molecule has 0 bridgehead atoms. The molecule has 35 heavy (non-hydrogen) atoms. The number of methoxy groups -OCH3 is 1. The summed E-state index contributed by atoms with van der Waals surface area (Å²) in [4.78, 5) is 15.1. The van der Waals surface area contributed by atoms with E-state index in [-0.39, 0.29) is 17.4 Å². The number of carbonyl (C=O) groups excluding carboxylic acids is 1. The van der Waals surface area contributed by atoms with Crippen LogP contribution in [0.4, 0.5) is 0 Å². The molecule has 2 fully saturated rings. The van der Waals surface area contributed by atoms with Crippen molar-refractivity contribution in [2.45, 2.75) is 12.5 Å². The summed E-state index contributed by atoms with van der Waals surface area (Å²) in [7, 11) is -1.60. The van der Waals surface area contributed by atoms with Crippen molar-refractivity contribution in [2.75, 3.05) is 18.6 Å². The van der Waals surface area contributed by atoms with Crippen molar-refractivity contribution in [3.63, 3.8) is 0 Å². The third kappa shape index (κ3) is 4.75. The van der Waals surface area contributed by atoms with Gasteiger partial charge in [0.05, 0.1) is 40.3 Å². The first-order valence-electron chi connectivity index (χ1n) is 10.7. The SMILES string of the molecule is COc1ccc(-c2nn(-c3ccccc3)cc2/C=C2\SC(=S)N(C3CCS(=O)(=O)C3)C2=O)cc1Cl. The molecule has 7 nitrogen and oxygen atoms in total. The summed E-state index contributed by atoms with van der Waals surface area (Å²) in [5.41, 5.74) is 2.95. The molecule has 0 N–H and O–H groups in total. The number of sulfone groups is 1. The van der Waals surface area contributed by atoms with E-state index in [2.05, 4.69) is 0 Å². The van der Waals surface area contributed by atoms with Crippen LogP contribution in [0.15, 0.2) is 59.6 Å². The van der Waals surface area contributed by atoms with Crippen molar-refractivity contribution < 1.29 is 17.9 Å². The number of halogens is 1. The molecule has 0 aliphatic carbocycles. The van der Waals surface area contributed by atoms with Crippen LogP contribution in [0.2, 0.25) is 5.02 Å². The van der Waals surface area contributed by atoms with Gasteiger partial charge in [-0.25, -0.2) is 13.1 Å². The molecule has 3 aromatic rings. The van der Waals surface area contributed by atoms with E-state index in [0.29, 0.717) is 37.7 Å². The molecular formula is C24H20ClN3O4S3. The van der Waals surface area contributed by atoms with Crippen LogP contribution in [-0.2, 0) is 14.6 Å². The lowest BCUT2D eigenvalue weighted by molar-refractivity contribution is -0.123. The number of thiocarbonyl (C=S) groups is 1. The topological polar surface area (TPSA) is 81.5 Å². The molecule has 2 aliphatic heterocycles. The molecule has 0 saturated carbocycles. The number of nitrogens with zero attached hydrogens (tertiary/aromatic N) is 3. The predicted octanol–water partition coefficient (Wildman–Crippen LogP) is 4.59. The fourth-order valence-corrected chi connectivity index (χ4v) is 7.51. The Labute approximate surface area is 217 Å². The highest BCUT2D eigenvalue weighted by atomic mass is 35.5. The summed E-state index contributed by atoms with van der Waals surface area (Å²) in [5, 5.41) is 5.22. The Kier molecular flexibility index (Phi) is 6.47. The van der Waals surface area contributed by atoms with Crippen LogP contribution >= 0.6 is 35.6 Å². The maximum absolute atomic E-state index is 13.3. The van der Waals surface area contributed by atoms with E-state index in [1.807, 2.05) is 42.6 Å². The molecule has 1 amide bonds. The highest BCUT2D eigenvalue weighted by Gasteiger charge is 2.42. The lowest BCUT2D eigenvalue weighted by atomic mass is 10.1. The number of aromatic nitrogens is 2. The zero-order valence-corrected chi connectivity index (χ0v) is 21.8. The Morgan fingerprint density at radius 3 is 2.66 bits per heavy atom. The fraction of sp³-hybridized carbons (Fsp3) is 0.208. The maximum Gasteiger partial charge on any atom is 0.266 e. The molecule has 1 unspecified atom stereocenters. The smallest absolute Gasteiger partial charge is 0.266 e. The zero-order chi connectivity index (χ0) is 24.7. The standard InChI is InChI=1S/C24H20ClN3O4S3/c1-32-20-8-7-15(11-19(20)25)22-16(13-27(26-22)17-5-3-2-4-6-17)12-21-23(29)28(24(33)34-21)18-9-10-35(30,31)14-18/h2-8,11-13,18H,9-10,14H2,1H3/b21-12-. The maximum atomic E-state index is 13.3. The largest absolute Gasteiger partial charge is 0.495 e. The number of benzene rings is 2. The third-order valence-electron chi connectivity index (χ3n) is 5.87. The van der Waals surface area contributed by atoms with Gasteiger partial charge in [0.15, 0.2) is 9.84 Å². The summed E-state index contributed by atoms with van der Waals surface area (Å²) < 4.78 is 31.3. The van der Waals surface area contributed by atoms with E-state index < -0.39 is 15.9 Å². The molecule has 2 aromatic carbocycles. The van der Waals surface area contributed by atoms with Gasteiger partial charge in [-0.1, -0.05) is 53.8 Å². The van der Waals surface area contributed by atoms with Crippen molar-refractivity contribution in [3.05, 3.63) is 70.2 Å². The first kappa shape index (κ1) is 24.1. The van der Waals surface area contributed by atoms with E-state index in [9.17, 15) is 13.2 Å². The molecular weight excluding hydrogens is 526 g/mol. The Hall–Kier alpha value is -2.66. The number of hydrogen-bond acceptors (Lipinski definition) is 7. The minimum Gasteiger partial charge on any atom is -0.495 e. The predicted molar refractivity (Wildman–Crippen MR) is 143 cm³/mol. The van der Waals surface area contributed by atoms with Gasteiger partial charge in [-0.15, -0.1) is 0 Å². The van der Waals surface area contributed by atoms with Crippen LogP contribution in [0.5, 0.6) is 5.75 Å². The number of para-hydroxylation sites is 1. The number of hydrogen-bond donors (Lipinski definition) is 0. The third-order valence-corrected chi connectivity index (χ3v) is 9.25. The number of carbonyl (C=O) groups is 1. The van der Waals surface area contributed by atoms with Crippen molar-refractivity contribution >= 4 is 61.7 Å². The van der Waals surface area contributed by atoms with E-state index in [4.69, 9.17) is 33.7 Å². The van der Waals surface area contributed by atoms with E-state index >= 15 is 0 Å². The van der Waals surface area contributed by atoms with Crippen LogP contribution in [-0.4, -0.2) is 58.0 Å². The molecule has 1 atom stereocenters. The highest BCUT2D eigenvalue weighted by molar-refractivity contribution is 8.26. The van der Waals surface area contributed by atoms with Gasteiger partial charge < -0.3 is 4.74 Å². The Balaban J connectivity index is 1.56. The number of amides is 1. The van der Waals surface area contributed by atoms with E-state index in [1.165, 1.54) is 16.7 Å². The minimum atomic E-state index is -3.15. The monoisotopic (exact) mass is 545 g/mol. The van der Waals surface area contributed by atoms with Crippen LogP contribution in [0, 0.1) is 0 Å². The highest BCUT2D eigenvalue weighted by Crippen LogP contribution is 2.38.